The van der Waals surface area contributed by atoms with Gasteiger partial charge in [-0.25, -0.2) is 13.1 Å². The third-order valence-electron chi connectivity index (χ3n) is 1.66. The smallest absolute Gasteiger partial charge is 0.325 e. The molecule has 0 aliphatic carbocycles. The number of halogens is 1. The monoisotopic (exact) mass is 255 g/mol. The highest BCUT2D eigenvalue weighted by Crippen LogP contribution is 1.99. The van der Waals surface area contributed by atoms with Crippen LogP contribution in [0.4, 0.5) is 0 Å². The topological polar surface area (TPSA) is 72.5 Å². The second-order valence-electron chi connectivity index (χ2n) is 2.68. The Morgan fingerprint density at radius 2 is 2.13 bits per heavy atom. The lowest BCUT2D eigenvalue weighted by molar-refractivity contribution is -0.139. The Labute approximate surface area is 94.5 Å². The van der Waals surface area contributed by atoms with Crippen molar-refractivity contribution in [3.63, 3.8) is 0 Å². The molecule has 1 unspecified atom stereocenters. The minimum atomic E-state index is -3.67. The van der Waals surface area contributed by atoms with Crippen LogP contribution in [0.1, 0.15) is 6.92 Å². The summed E-state index contributed by atoms with van der Waals surface area (Å²) in [5.41, 5.74) is 0. The number of carbonyl (C=O) groups is 1. The molecule has 1 atom stereocenters. The Hall–Kier alpha value is -0.590. The number of allylic oxidation sites excluding steroid dienone is 1. The summed E-state index contributed by atoms with van der Waals surface area (Å²) >= 11 is 5.35. The molecule has 88 valence electrons. The maximum absolute atomic E-state index is 11.4. The molecule has 0 aromatic rings. The number of nitrogens with one attached hydrogen (secondary N) is 1. The van der Waals surface area contributed by atoms with E-state index in [0.29, 0.717) is 5.88 Å². The first kappa shape index (κ1) is 14.4. The van der Waals surface area contributed by atoms with Crippen LogP contribution in [-0.2, 0) is 19.6 Å². The van der Waals surface area contributed by atoms with Gasteiger partial charge >= 0.3 is 5.97 Å². The van der Waals surface area contributed by atoms with E-state index in [9.17, 15) is 13.2 Å². The summed E-state index contributed by atoms with van der Waals surface area (Å²) in [5, 5.41) is -1.22. The highest BCUT2D eigenvalue weighted by molar-refractivity contribution is 7.90. The zero-order valence-corrected chi connectivity index (χ0v) is 10.1. The molecule has 0 aromatic carbocycles. The van der Waals surface area contributed by atoms with E-state index in [1.54, 1.807) is 12.2 Å². The van der Waals surface area contributed by atoms with Gasteiger partial charge in [0.15, 0.2) is 5.25 Å². The SMILES string of the molecule is COC(=O)C(C)S(=O)(=O)NC/C=C/CCl. The van der Waals surface area contributed by atoms with Gasteiger partial charge in [0.2, 0.25) is 10.0 Å². The van der Waals surface area contributed by atoms with Crippen molar-refractivity contribution >= 4 is 27.6 Å². The summed E-state index contributed by atoms with van der Waals surface area (Å²) in [7, 11) is -2.53. The maximum Gasteiger partial charge on any atom is 0.325 e. The molecule has 0 rings (SSSR count). The lowest BCUT2D eigenvalue weighted by Gasteiger charge is -2.10. The summed E-state index contributed by atoms with van der Waals surface area (Å²) in [6.07, 6.45) is 3.17. The Balaban J connectivity index is 4.30. The van der Waals surface area contributed by atoms with E-state index < -0.39 is 21.2 Å². The van der Waals surface area contributed by atoms with Crippen LogP contribution in [0.2, 0.25) is 0 Å². The van der Waals surface area contributed by atoms with E-state index in [0.717, 1.165) is 7.11 Å². The summed E-state index contributed by atoms with van der Waals surface area (Å²) < 4.78 is 29.4. The molecule has 0 aliphatic heterocycles. The van der Waals surface area contributed by atoms with Gasteiger partial charge in [-0.1, -0.05) is 12.2 Å². The van der Waals surface area contributed by atoms with Gasteiger partial charge in [0.1, 0.15) is 0 Å². The van der Waals surface area contributed by atoms with Crippen LogP contribution in [0.25, 0.3) is 0 Å². The Kier molecular flexibility index (Phi) is 6.55. The van der Waals surface area contributed by atoms with Crippen molar-refractivity contribution in [3.05, 3.63) is 12.2 Å². The van der Waals surface area contributed by atoms with Crippen LogP contribution < -0.4 is 4.72 Å². The van der Waals surface area contributed by atoms with Gasteiger partial charge < -0.3 is 4.74 Å². The molecular formula is C8H14ClNO4S. The third kappa shape index (κ3) is 5.15. The van der Waals surface area contributed by atoms with Crippen LogP contribution in [0.15, 0.2) is 12.2 Å². The lowest BCUT2D eigenvalue weighted by Crippen LogP contribution is -2.38. The quantitative estimate of drug-likeness (QED) is 0.420. The molecule has 0 saturated carbocycles. The van der Waals surface area contributed by atoms with Crippen molar-refractivity contribution in [2.24, 2.45) is 0 Å². The maximum atomic E-state index is 11.4. The van der Waals surface area contributed by atoms with Crippen molar-refractivity contribution in [3.8, 4) is 0 Å². The molecule has 5 nitrogen and oxygen atoms in total. The minimum Gasteiger partial charge on any atom is -0.468 e. The summed E-state index contributed by atoms with van der Waals surface area (Å²) in [6, 6.07) is 0. The predicted octanol–water partition coefficient (Wildman–Crippen LogP) is 0.262. The van der Waals surface area contributed by atoms with Gasteiger partial charge in [0, 0.05) is 12.4 Å². The second kappa shape index (κ2) is 6.81. The number of alkyl halides is 1. The molecule has 0 aromatic heterocycles. The van der Waals surface area contributed by atoms with Crippen LogP contribution >= 0.6 is 11.6 Å². The predicted molar refractivity (Wildman–Crippen MR) is 58.3 cm³/mol. The first-order valence-corrected chi connectivity index (χ1v) is 6.31. The zero-order chi connectivity index (χ0) is 11.9. The van der Waals surface area contributed by atoms with Gasteiger partial charge in [-0.2, -0.15) is 0 Å². The molecule has 7 heteroatoms. The molecule has 1 N–H and O–H groups in total. The number of esters is 1. The number of ether oxygens (including phenoxy) is 1. The molecule has 0 fully saturated rings. The van der Waals surface area contributed by atoms with Crippen LogP contribution in [0, 0.1) is 0 Å². The minimum absolute atomic E-state index is 0.108. The largest absolute Gasteiger partial charge is 0.468 e. The average molecular weight is 256 g/mol. The first-order chi connectivity index (χ1) is 6.95. The third-order valence-corrected chi connectivity index (χ3v) is 3.53. The molecule has 0 heterocycles. The molecule has 0 radical (unpaired) electrons. The van der Waals surface area contributed by atoms with Crippen LogP contribution in [-0.4, -0.2) is 39.2 Å². The van der Waals surface area contributed by atoms with Gasteiger partial charge in [-0.15, -0.1) is 11.6 Å². The number of sulfonamides is 1. The van der Waals surface area contributed by atoms with E-state index in [1.165, 1.54) is 6.92 Å². The van der Waals surface area contributed by atoms with E-state index in [2.05, 4.69) is 9.46 Å². The average Bonchev–Trinajstić information content (AvgIpc) is 2.22. The standard InChI is InChI=1S/C8H14ClNO4S/c1-7(8(11)14-2)15(12,13)10-6-4-3-5-9/h3-4,7,10H,5-6H2,1-2H3/b4-3+. The van der Waals surface area contributed by atoms with Gasteiger partial charge in [-0.05, 0) is 6.92 Å². The normalized spacial score (nSPS) is 14.1. The second-order valence-corrected chi connectivity index (χ2v) is 5.08. The lowest BCUT2D eigenvalue weighted by atomic mass is 10.5. The van der Waals surface area contributed by atoms with E-state index >= 15 is 0 Å². The van der Waals surface area contributed by atoms with Gasteiger partial charge in [0.25, 0.3) is 0 Å². The van der Waals surface area contributed by atoms with Crippen LogP contribution in [0.3, 0.4) is 0 Å². The molecule has 15 heavy (non-hydrogen) atoms. The molecular weight excluding hydrogens is 242 g/mol. The van der Waals surface area contributed by atoms with Crippen LogP contribution in [0.5, 0.6) is 0 Å². The molecule has 0 bridgehead atoms. The molecule has 0 spiro atoms. The van der Waals surface area contributed by atoms with Gasteiger partial charge in [0.05, 0.1) is 7.11 Å². The number of hydrogen-bond acceptors (Lipinski definition) is 4. The molecule has 0 aliphatic rings. The summed E-state index contributed by atoms with van der Waals surface area (Å²) in [4.78, 5) is 11.0. The Bertz CT molecular complexity index is 326. The highest BCUT2D eigenvalue weighted by atomic mass is 35.5. The highest BCUT2D eigenvalue weighted by Gasteiger charge is 2.27. The molecule has 0 saturated heterocycles. The summed E-state index contributed by atoms with van der Waals surface area (Å²) in [5.74, 6) is -0.474. The van der Waals surface area contributed by atoms with E-state index in [-0.39, 0.29) is 6.54 Å². The van der Waals surface area contributed by atoms with E-state index in [1.807, 2.05) is 0 Å². The number of rotatable bonds is 6. The zero-order valence-electron chi connectivity index (χ0n) is 8.57. The number of hydrogen-bond donors (Lipinski definition) is 1. The Morgan fingerprint density at radius 3 is 2.60 bits per heavy atom. The van der Waals surface area contributed by atoms with Crippen molar-refractivity contribution in [1.29, 1.82) is 0 Å². The fraction of sp³-hybridized carbons (Fsp3) is 0.625. The van der Waals surface area contributed by atoms with E-state index in [4.69, 9.17) is 11.6 Å². The molecule has 0 amide bonds. The number of carbonyl (C=O) groups excluding carboxylic acids is 1. The fourth-order valence-electron chi connectivity index (χ4n) is 0.728. The van der Waals surface area contributed by atoms with Crippen molar-refractivity contribution < 1.29 is 17.9 Å². The van der Waals surface area contributed by atoms with Crippen molar-refractivity contribution in [1.82, 2.24) is 4.72 Å². The van der Waals surface area contributed by atoms with Crippen molar-refractivity contribution in [2.45, 2.75) is 12.2 Å². The van der Waals surface area contributed by atoms with Gasteiger partial charge in [-0.3, -0.25) is 4.79 Å². The summed E-state index contributed by atoms with van der Waals surface area (Å²) in [6.45, 7) is 1.37. The van der Waals surface area contributed by atoms with Crippen molar-refractivity contribution in [2.75, 3.05) is 19.5 Å². The number of methoxy groups -OCH3 is 1. The fourth-order valence-corrected chi connectivity index (χ4v) is 1.78. The Morgan fingerprint density at radius 1 is 1.53 bits per heavy atom. The first-order valence-electron chi connectivity index (χ1n) is 4.23.